The number of para-hydroxylation sites is 1. The zero-order chi connectivity index (χ0) is 18.2. The van der Waals surface area contributed by atoms with Gasteiger partial charge in [-0.25, -0.2) is 0 Å². The van der Waals surface area contributed by atoms with Crippen molar-refractivity contribution in [3.05, 3.63) is 30.3 Å². The molecule has 0 atom stereocenters. The van der Waals surface area contributed by atoms with Crippen LogP contribution in [0.1, 0.15) is 57.8 Å². The van der Waals surface area contributed by atoms with E-state index in [0.29, 0.717) is 0 Å². The van der Waals surface area contributed by atoms with Crippen molar-refractivity contribution in [2.45, 2.75) is 63.3 Å². The minimum atomic E-state index is -0.404. The zero-order valence-corrected chi connectivity index (χ0v) is 16.4. The molecule has 0 unspecified atom stereocenters. The maximum Gasteiger partial charge on any atom is 0.247 e. The van der Waals surface area contributed by atoms with Crippen LogP contribution in [-0.2, 0) is 4.79 Å². The molecule has 0 spiro atoms. The molecule has 1 heterocycles. The molecule has 1 N–H and O–H groups in total. The van der Waals surface area contributed by atoms with E-state index >= 15 is 0 Å². The number of amides is 1. The molecule has 1 amide bonds. The molecule has 3 rings (SSSR count). The van der Waals surface area contributed by atoms with E-state index in [1.165, 1.54) is 38.8 Å². The fourth-order valence-electron chi connectivity index (χ4n) is 4.53. The van der Waals surface area contributed by atoms with Gasteiger partial charge in [0.05, 0.1) is 0 Å². The monoisotopic (exact) mass is 357 g/mol. The van der Waals surface area contributed by atoms with Crippen molar-refractivity contribution in [2.24, 2.45) is 0 Å². The summed E-state index contributed by atoms with van der Waals surface area (Å²) in [5.74, 6) is 0.273. The van der Waals surface area contributed by atoms with Crippen LogP contribution in [0.25, 0.3) is 0 Å². The van der Waals surface area contributed by atoms with E-state index in [9.17, 15) is 4.79 Å². The number of nitrogens with one attached hydrogen (secondary N) is 1. The van der Waals surface area contributed by atoms with E-state index in [1.54, 1.807) is 0 Å². The molecular weight excluding hydrogens is 322 g/mol. The van der Waals surface area contributed by atoms with Crippen molar-refractivity contribution >= 4 is 11.6 Å². The summed E-state index contributed by atoms with van der Waals surface area (Å²) >= 11 is 0. The lowest BCUT2D eigenvalue weighted by Crippen LogP contribution is -2.51. The Balaban J connectivity index is 1.53. The van der Waals surface area contributed by atoms with E-state index < -0.39 is 5.54 Å². The van der Waals surface area contributed by atoms with Crippen LogP contribution < -0.4 is 5.32 Å². The molecule has 1 aromatic rings. The second-order valence-corrected chi connectivity index (χ2v) is 8.12. The number of anilines is 1. The van der Waals surface area contributed by atoms with Crippen molar-refractivity contribution in [3.8, 4) is 0 Å². The fourth-order valence-corrected chi connectivity index (χ4v) is 4.53. The standard InChI is InChI=1S/C22H35N3O/c1-24(16-11-19-25-17-9-2-3-10-18-25)21(26)22(14-7-8-15-22)23-20-12-5-4-6-13-20/h4-6,12-13,23H,2-3,7-11,14-19H2,1H3. The average molecular weight is 358 g/mol. The number of hydrogen-bond donors (Lipinski definition) is 1. The van der Waals surface area contributed by atoms with Crippen molar-refractivity contribution in [1.29, 1.82) is 0 Å². The molecule has 2 fully saturated rings. The van der Waals surface area contributed by atoms with Gasteiger partial charge in [0.15, 0.2) is 0 Å². The lowest BCUT2D eigenvalue weighted by Gasteiger charge is -2.34. The van der Waals surface area contributed by atoms with Crippen LogP contribution in [0, 0.1) is 0 Å². The van der Waals surface area contributed by atoms with Gasteiger partial charge in [0.25, 0.3) is 0 Å². The third kappa shape index (κ3) is 5.00. The minimum absolute atomic E-state index is 0.273. The molecule has 1 saturated heterocycles. The summed E-state index contributed by atoms with van der Waals surface area (Å²) in [5, 5.41) is 3.58. The van der Waals surface area contributed by atoms with E-state index in [2.05, 4.69) is 22.3 Å². The Bertz CT molecular complexity index is 546. The number of benzene rings is 1. The number of carbonyl (C=O) groups excluding carboxylic acids is 1. The average Bonchev–Trinajstić information content (AvgIpc) is 2.98. The van der Waals surface area contributed by atoms with Crippen LogP contribution in [0.3, 0.4) is 0 Å². The van der Waals surface area contributed by atoms with Crippen LogP contribution in [0.15, 0.2) is 30.3 Å². The predicted molar refractivity (Wildman–Crippen MR) is 108 cm³/mol. The smallest absolute Gasteiger partial charge is 0.247 e. The van der Waals surface area contributed by atoms with Gasteiger partial charge in [-0.3, -0.25) is 4.79 Å². The van der Waals surface area contributed by atoms with Crippen LogP contribution in [-0.4, -0.2) is 54.5 Å². The first-order valence-corrected chi connectivity index (χ1v) is 10.5. The Labute approximate surface area is 158 Å². The van der Waals surface area contributed by atoms with Gasteiger partial charge < -0.3 is 15.1 Å². The highest BCUT2D eigenvalue weighted by Crippen LogP contribution is 2.34. The lowest BCUT2D eigenvalue weighted by molar-refractivity contribution is -0.134. The first kappa shape index (κ1) is 19.2. The molecule has 2 aliphatic rings. The van der Waals surface area contributed by atoms with Gasteiger partial charge in [-0.1, -0.05) is 43.9 Å². The highest BCUT2D eigenvalue weighted by molar-refractivity contribution is 5.89. The summed E-state index contributed by atoms with van der Waals surface area (Å²) in [6, 6.07) is 10.2. The van der Waals surface area contributed by atoms with Gasteiger partial charge >= 0.3 is 0 Å². The zero-order valence-electron chi connectivity index (χ0n) is 16.4. The van der Waals surface area contributed by atoms with Gasteiger partial charge in [-0.05, 0) is 63.9 Å². The quantitative estimate of drug-likeness (QED) is 0.797. The Morgan fingerprint density at radius 2 is 1.69 bits per heavy atom. The first-order chi connectivity index (χ1) is 12.7. The normalized spacial score (nSPS) is 20.5. The SMILES string of the molecule is CN(CCCN1CCCCCC1)C(=O)C1(Nc2ccccc2)CCCC1. The summed E-state index contributed by atoms with van der Waals surface area (Å²) in [5.41, 5.74) is 0.652. The molecule has 0 aromatic heterocycles. The van der Waals surface area contributed by atoms with Gasteiger partial charge in [0.1, 0.15) is 5.54 Å². The minimum Gasteiger partial charge on any atom is -0.371 e. The van der Waals surface area contributed by atoms with Crippen LogP contribution in [0.5, 0.6) is 0 Å². The molecule has 1 saturated carbocycles. The maximum absolute atomic E-state index is 13.3. The van der Waals surface area contributed by atoms with Gasteiger partial charge in [0.2, 0.25) is 5.91 Å². The summed E-state index contributed by atoms with van der Waals surface area (Å²) in [6.45, 7) is 4.44. The molecule has 1 aromatic carbocycles. The van der Waals surface area contributed by atoms with Gasteiger partial charge in [0, 0.05) is 19.3 Å². The topological polar surface area (TPSA) is 35.6 Å². The molecule has 1 aliphatic heterocycles. The highest BCUT2D eigenvalue weighted by atomic mass is 16.2. The summed E-state index contributed by atoms with van der Waals surface area (Å²) in [4.78, 5) is 17.8. The molecular formula is C22H35N3O. The van der Waals surface area contributed by atoms with Crippen molar-refractivity contribution in [2.75, 3.05) is 38.5 Å². The third-order valence-electron chi connectivity index (χ3n) is 6.04. The Morgan fingerprint density at radius 1 is 1.04 bits per heavy atom. The molecule has 26 heavy (non-hydrogen) atoms. The number of nitrogens with zero attached hydrogens (tertiary/aromatic N) is 2. The largest absolute Gasteiger partial charge is 0.371 e. The Morgan fingerprint density at radius 3 is 2.35 bits per heavy atom. The Hall–Kier alpha value is -1.55. The van der Waals surface area contributed by atoms with Gasteiger partial charge in [-0.15, -0.1) is 0 Å². The molecule has 0 radical (unpaired) electrons. The van der Waals surface area contributed by atoms with Crippen LogP contribution in [0.4, 0.5) is 5.69 Å². The third-order valence-corrected chi connectivity index (χ3v) is 6.04. The van der Waals surface area contributed by atoms with Crippen molar-refractivity contribution in [3.63, 3.8) is 0 Å². The number of hydrogen-bond acceptors (Lipinski definition) is 3. The lowest BCUT2D eigenvalue weighted by atomic mass is 9.94. The number of carbonyl (C=O) groups is 1. The number of likely N-dealkylation sites (tertiary alicyclic amines) is 1. The van der Waals surface area contributed by atoms with E-state index in [1.807, 2.05) is 30.1 Å². The van der Waals surface area contributed by atoms with Crippen molar-refractivity contribution < 1.29 is 4.79 Å². The second-order valence-electron chi connectivity index (χ2n) is 8.12. The van der Waals surface area contributed by atoms with Gasteiger partial charge in [-0.2, -0.15) is 0 Å². The second kappa shape index (κ2) is 9.40. The first-order valence-electron chi connectivity index (χ1n) is 10.5. The molecule has 144 valence electrons. The van der Waals surface area contributed by atoms with E-state index in [4.69, 9.17) is 0 Å². The predicted octanol–water partition coefficient (Wildman–Crippen LogP) is 4.14. The molecule has 4 nitrogen and oxygen atoms in total. The fraction of sp³-hybridized carbons (Fsp3) is 0.682. The summed E-state index contributed by atoms with van der Waals surface area (Å²) in [6.07, 6.45) is 10.6. The molecule has 4 heteroatoms. The molecule has 1 aliphatic carbocycles. The van der Waals surface area contributed by atoms with E-state index in [-0.39, 0.29) is 5.91 Å². The number of likely N-dealkylation sites (N-methyl/N-ethyl adjacent to an activating group) is 1. The van der Waals surface area contributed by atoms with Crippen molar-refractivity contribution in [1.82, 2.24) is 9.80 Å². The molecule has 0 bridgehead atoms. The maximum atomic E-state index is 13.3. The van der Waals surface area contributed by atoms with Crippen LogP contribution >= 0.6 is 0 Å². The van der Waals surface area contributed by atoms with E-state index in [0.717, 1.165) is 50.9 Å². The summed E-state index contributed by atoms with van der Waals surface area (Å²) in [7, 11) is 1.98. The number of rotatable bonds is 7. The van der Waals surface area contributed by atoms with Crippen LogP contribution in [0.2, 0.25) is 0 Å². The Kier molecular flexibility index (Phi) is 6.95. The summed E-state index contributed by atoms with van der Waals surface area (Å²) < 4.78 is 0. The highest BCUT2D eigenvalue weighted by Gasteiger charge is 2.42.